The van der Waals surface area contributed by atoms with Crippen LogP contribution in [-0.2, 0) is 0 Å². The molecular weight excluding hydrogens is 797 g/mol. The van der Waals surface area contributed by atoms with Crippen LogP contribution in [0.2, 0.25) is 0 Å². The van der Waals surface area contributed by atoms with Crippen molar-refractivity contribution >= 4 is 76.3 Å². The van der Waals surface area contributed by atoms with E-state index in [0.29, 0.717) is 0 Å². The van der Waals surface area contributed by atoms with Crippen LogP contribution < -0.4 is 0 Å². The number of fused-ring (bicyclic) bond motifs is 10. The van der Waals surface area contributed by atoms with Crippen LogP contribution in [0.25, 0.3) is 110 Å². The lowest BCUT2D eigenvalue weighted by molar-refractivity contribution is 1.06. The van der Waals surface area contributed by atoms with Crippen molar-refractivity contribution in [3.05, 3.63) is 256 Å². The van der Waals surface area contributed by atoms with Crippen molar-refractivity contribution in [2.45, 2.75) is 12.8 Å². The van der Waals surface area contributed by atoms with Gasteiger partial charge in [-0.05, 0) is 122 Å². The number of hydrogen-bond donors (Lipinski definition) is 0. The summed E-state index contributed by atoms with van der Waals surface area (Å²) in [7, 11) is 0. The topological polar surface area (TPSA) is 9.86 Å². The van der Waals surface area contributed by atoms with Crippen LogP contribution >= 0.6 is 0 Å². The number of aromatic nitrogens is 2. The van der Waals surface area contributed by atoms with E-state index in [2.05, 4.69) is 230 Å². The Balaban J connectivity index is 0.000000560. The molecular formula is C64H48N2. The van der Waals surface area contributed by atoms with Crippen LogP contribution in [0.4, 0.5) is 0 Å². The summed E-state index contributed by atoms with van der Waals surface area (Å²) in [5.41, 5.74) is 17.8. The lowest BCUT2D eigenvalue weighted by Gasteiger charge is -2.14. The number of nitrogens with zero attached hydrogens (tertiary/aromatic N) is 2. The fraction of sp³-hybridized carbons (Fsp3) is 0.0312. The zero-order valence-electron chi connectivity index (χ0n) is 36.9. The molecule has 2 nitrogen and oxygen atoms in total. The van der Waals surface area contributed by atoms with Gasteiger partial charge in [0.15, 0.2) is 0 Å². The largest absolute Gasteiger partial charge is 0.309 e. The fourth-order valence-corrected chi connectivity index (χ4v) is 10.4. The highest BCUT2D eigenvalue weighted by Gasteiger charge is 2.25. The lowest BCUT2D eigenvalue weighted by atomic mass is 9.93. The summed E-state index contributed by atoms with van der Waals surface area (Å²) in [5, 5.41) is 10.3. The zero-order chi connectivity index (χ0) is 44.7. The summed E-state index contributed by atoms with van der Waals surface area (Å²) in [6.07, 6.45) is 13.5. The Hall–Kier alpha value is -8.46. The predicted molar refractivity (Wildman–Crippen MR) is 287 cm³/mol. The third-order valence-electron chi connectivity index (χ3n) is 13.2. The summed E-state index contributed by atoms with van der Waals surface area (Å²) in [5.74, 6) is 0. The molecule has 0 saturated carbocycles. The molecule has 13 rings (SSSR count). The van der Waals surface area contributed by atoms with Gasteiger partial charge < -0.3 is 9.13 Å². The quantitative estimate of drug-likeness (QED) is 0.148. The van der Waals surface area contributed by atoms with Gasteiger partial charge in [-0.2, -0.15) is 0 Å². The van der Waals surface area contributed by atoms with E-state index in [1.807, 2.05) is 0 Å². The molecule has 9 aromatic carbocycles. The van der Waals surface area contributed by atoms with Crippen LogP contribution in [0.1, 0.15) is 24.0 Å². The smallest absolute Gasteiger partial charge is 0.0619 e. The maximum absolute atomic E-state index is 3.36. The summed E-state index contributed by atoms with van der Waals surface area (Å²) < 4.78 is 4.91. The van der Waals surface area contributed by atoms with E-state index in [-0.39, 0.29) is 0 Å². The summed E-state index contributed by atoms with van der Waals surface area (Å²) in [6.45, 7) is 13.4. The molecule has 0 fully saturated rings. The van der Waals surface area contributed by atoms with E-state index in [4.69, 9.17) is 0 Å². The third kappa shape index (κ3) is 6.57. The third-order valence-corrected chi connectivity index (χ3v) is 13.2. The van der Waals surface area contributed by atoms with E-state index >= 15 is 0 Å². The van der Waals surface area contributed by atoms with Crippen LogP contribution in [-0.4, -0.2) is 9.13 Å². The first-order valence-electron chi connectivity index (χ1n) is 22.7. The van der Waals surface area contributed by atoms with E-state index in [1.165, 1.54) is 121 Å². The first kappa shape index (κ1) is 40.3. The average molecular weight is 845 g/mol. The molecule has 2 heteroatoms. The molecule has 0 atom stereocenters. The van der Waals surface area contributed by atoms with Crippen molar-refractivity contribution in [2.75, 3.05) is 0 Å². The number of rotatable bonds is 6. The monoisotopic (exact) mass is 844 g/mol. The standard InChI is InChI=1S/C56H36N2.2C4H6/c1-2-14-39(15-3-1)57-52-23-9-8-20-45(52)46-27-25-37(34-54(46)57)36-26-31-53-51(33-36)50-28-24-35-12-4-5-17-42(35)56(50)58(53)40-16-10-13-38(32-40)41-29-30-49-44-19-7-6-18-43(44)48-22-11-21-47(41)55(48)49;2*1-3-4-2/h1-6,8-18,20-34H,7,19H2;2*3-4H,1-2H2. The molecule has 0 bridgehead atoms. The molecule has 0 radical (unpaired) electrons. The van der Waals surface area contributed by atoms with Gasteiger partial charge in [0.1, 0.15) is 0 Å². The molecule has 0 N–H and O–H groups in total. The maximum Gasteiger partial charge on any atom is 0.0619 e. The van der Waals surface area contributed by atoms with Crippen LogP contribution in [0.3, 0.4) is 0 Å². The number of hydrogen-bond acceptors (Lipinski definition) is 0. The van der Waals surface area contributed by atoms with Crippen molar-refractivity contribution in [1.29, 1.82) is 0 Å². The number of benzene rings is 9. The van der Waals surface area contributed by atoms with Gasteiger partial charge in [0, 0.05) is 38.3 Å². The molecule has 2 heterocycles. The van der Waals surface area contributed by atoms with Gasteiger partial charge in [0.25, 0.3) is 0 Å². The highest BCUT2D eigenvalue weighted by atomic mass is 15.0. The van der Waals surface area contributed by atoms with Crippen LogP contribution in [0.15, 0.2) is 245 Å². The van der Waals surface area contributed by atoms with Gasteiger partial charge in [-0.3, -0.25) is 0 Å². The van der Waals surface area contributed by atoms with Crippen LogP contribution in [0.5, 0.6) is 0 Å². The minimum atomic E-state index is 1.11. The molecule has 314 valence electrons. The average Bonchev–Trinajstić information content (AvgIpc) is 4.03. The summed E-state index contributed by atoms with van der Waals surface area (Å²) in [4.78, 5) is 0. The first-order valence-corrected chi connectivity index (χ1v) is 22.7. The maximum atomic E-state index is 3.36. The van der Waals surface area contributed by atoms with Gasteiger partial charge in [0.05, 0.1) is 22.1 Å². The zero-order valence-corrected chi connectivity index (χ0v) is 36.9. The summed E-state index contributed by atoms with van der Waals surface area (Å²) >= 11 is 0. The molecule has 66 heavy (non-hydrogen) atoms. The van der Waals surface area contributed by atoms with E-state index < -0.39 is 0 Å². The normalized spacial score (nSPS) is 12.5. The Labute approximate surface area is 386 Å². The Morgan fingerprint density at radius 1 is 0.394 bits per heavy atom. The minimum Gasteiger partial charge on any atom is -0.309 e. The van der Waals surface area contributed by atoms with Gasteiger partial charge in [0.2, 0.25) is 0 Å². The molecule has 0 saturated heterocycles. The van der Waals surface area contributed by atoms with Crippen LogP contribution in [0, 0.1) is 0 Å². The second-order valence-electron chi connectivity index (χ2n) is 16.9. The van der Waals surface area contributed by atoms with Gasteiger partial charge >= 0.3 is 0 Å². The van der Waals surface area contributed by atoms with Crippen molar-refractivity contribution in [3.8, 4) is 33.6 Å². The van der Waals surface area contributed by atoms with E-state index in [9.17, 15) is 0 Å². The Morgan fingerprint density at radius 2 is 1.05 bits per heavy atom. The van der Waals surface area contributed by atoms with Crippen molar-refractivity contribution in [3.63, 3.8) is 0 Å². The Kier molecular flexibility index (Phi) is 10.3. The highest BCUT2D eigenvalue weighted by molar-refractivity contribution is 6.21. The minimum absolute atomic E-state index is 1.11. The Morgan fingerprint density at radius 3 is 1.88 bits per heavy atom. The number of para-hydroxylation sites is 2. The summed E-state index contributed by atoms with van der Waals surface area (Å²) in [6, 6.07) is 67.7. The Bertz CT molecular complexity index is 3800. The number of allylic oxidation sites excluding steroid dienone is 8. The van der Waals surface area contributed by atoms with E-state index in [0.717, 1.165) is 12.8 Å². The van der Waals surface area contributed by atoms with Crippen molar-refractivity contribution < 1.29 is 0 Å². The second kappa shape index (κ2) is 16.9. The molecule has 0 aliphatic heterocycles. The van der Waals surface area contributed by atoms with Crippen molar-refractivity contribution in [1.82, 2.24) is 9.13 Å². The SMILES string of the molecule is C1=CC2=C(CC1)c1ccc(-c3cccc(-n4c5ccc(-c6ccc7c8ccccc8n(-c8ccccc8)c7c6)cc5c5ccc6ccccc6c54)c3)c3cccc2c13.C=CC=C.C=CC=C. The fourth-order valence-electron chi connectivity index (χ4n) is 10.4. The van der Waals surface area contributed by atoms with Gasteiger partial charge in [-0.25, -0.2) is 0 Å². The molecule has 2 aromatic heterocycles. The lowest BCUT2D eigenvalue weighted by Crippen LogP contribution is -1.95. The molecule has 2 aliphatic carbocycles. The van der Waals surface area contributed by atoms with E-state index in [1.54, 1.807) is 24.3 Å². The van der Waals surface area contributed by atoms with Gasteiger partial charge in [-0.15, -0.1) is 0 Å². The first-order chi connectivity index (χ1) is 32.6. The molecule has 11 aromatic rings. The molecule has 2 aliphatic rings. The molecule has 0 unspecified atom stereocenters. The molecule has 0 spiro atoms. The molecule has 0 amide bonds. The van der Waals surface area contributed by atoms with Crippen molar-refractivity contribution in [2.24, 2.45) is 0 Å². The predicted octanol–water partition coefficient (Wildman–Crippen LogP) is 17.8. The highest BCUT2D eigenvalue weighted by Crippen LogP contribution is 2.49. The van der Waals surface area contributed by atoms with Gasteiger partial charge in [-0.1, -0.05) is 196 Å². The second-order valence-corrected chi connectivity index (χ2v) is 16.9.